The van der Waals surface area contributed by atoms with E-state index in [1.165, 1.54) is 11.8 Å². The molecule has 3 rings (SSSR count). The Hall–Kier alpha value is -3.03. The fourth-order valence-electron chi connectivity index (χ4n) is 2.81. The van der Waals surface area contributed by atoms with Crippen LogP contribution in [0.4, 0.5) is 4.79 Å². The van der Waals surface area contributed by atoms with Gasteiger partial charge in [-0.25, -0.2) is 4.79 Å². The quantitative estimate of drug-likeness (QED) is 0.775. The fraction of sp³-hybridized carbons (Fsp3) is 0.353. The zero-order valence-electron chi connectivity index (χ0n) is 13.9. The number of para-hydroxylation sites is 1. The number of carbonyl (C=O) groups is 3. The second-order valence-corrected chi connectivity index (χ2v) is 6.06. The van der Waals surface area contributed by atoms with Crippen LogP contribution in [0.3, 0.4) is 0 Å². The van der Waals surface area contributed by atoms with E-state index in [0.29, 0.717) is 31.9 Å². The van der Waals surface area contributed by atoms with Gasteiger partial charge in [0.2, 0.25) is 0 Å². The first-order valence-corrected chi connectivity index (χ1v) is 8.11. The minimum atomic E-state index is -1.08. The molecule has 2 aromatic rings. The third-order valence-corrected chi connectivity index (χ3v) is 4.32. The number of carboxylic acids is 1. The average Bonchev–Trinajstić information content (AvgIpc) is 3.05. The van der Waals surface area contributed by atoms with E-state index >= 15 is 0 Å². The molecule has 0 bridgehead atoms. The van der Waals surface area contributed by atoms with E-state index in [1.807, 2.05) is 30.3 Å². The van der Waals surface area contributed by atoms with Crippen molar-refractivity contribution in [3.63, 3.8) is 0 Å². The lowest BCUT2D eigenvalue weighted by atomic mass is 10.2. The van der Waals surface area contributed by atoms with E-state index in [1.54, 1.807) is 4.90 Å². The highest BCUT2D eigenvalue weighted by Crippen LogP contribution is 2.16. The molecule has 0 radical (unpaired) electrons. The van der Waals surface area contributed by atoms with Gasteiger partial charge in [0, 0.05) is 37.1 Å². The van der Waals surface area contributed by atoms with Crippen molar-refractivity contribution < 1.29 is 19.5 Å². The van der Waals surface area contributed by atoms with Crippen LogP contribution in [0.1, 0.15) is 17.4 Å². The number of nitrogens with one attached hydrogen (secondary N) is 2. The first kappa shape index (κ1) is 16.8. The smallest absolute Gasteiger partial charge is 0.325 e. The van der Waals surface area contributed by atoms with Crippen molar-refractivity contribution in [2.75, 3.05) is 26.2 Å². The van der Waals surface area contributed by atoms with Gasteiger partial charge in [0.25, 0.3) is 5.91 Å². The first-order chi connectivity index (χ1) is 12.0. The van der Waals surface area contributed by atoms with Gasteiger partial charge in [-0.3, -0.25) is 9.59 Å². The summed E-state index contributed by atoms with van der Waals surface area (Å²) in [5.41, 5.74) is 1.44. The number of aromatic amines is 1. The standard InChI is InChI=1S/C17H20N4O4/c1-11(16(23)24)18-17(25)21-8-6-20(7-9-21)15(22)14-10-12-4-2-3-5-13(12)19-14/h2-5,10-11,19H,6-9H2,1H3,(H,18,25)(H,23,24). The molecule has 0 saturated carbocycles. The SMILES string of the molecule is CC(NC(=O)N1CCN(C(=O)c2cc3ccccc3[nH]2)CC1)C(=O)O. The summed E-state index contributed by atoms with van der Waals surface area (Å²) in [6.07, 6.45) is 0. The Balaban J connectivity index is 1.59. The molecule has 1 aromatic carbocycles. The van der Waals surface area contributed by atoms with Gasteiger partial charge >= 0.3 is 12.0 Å². The summed E-state index contributed by atoms with van der Waals surface area (Å²) in [7, 11) is 0. The number of urea groups is 1. The second-order valence-electron chi connectivity index (χ2n) is 6.06. The van der Waals surface area contributed by atoms with E-state index in [9.17, 15) is 14.4 Å². The molecule has 1 aliphatic rings. The van der Waals surface area contributed by atoms with Gasteiger partial charge in [0.05, 0.1) is 0 Å². The molecule has 1 unspecified atom stereocenters. The molecule has 8 heteroatoms. The molecule has 2 heterocycles. The molecule has 0 spiro atoms. The molecule has 3 amide bonds. The van der Waals surface area contributed by atoms with Crippen molar-refractivity contribution in [3.8, 4) is 0 Å². The van der Waals surface area contributed by atoms with Crippen LogP contribution < -0.4 is 5.32 Å². The van der Waals surface area contributed by atoms with Crippen LogP contribution in [-0.4, -0.2) is 70.0 Å². The highest BCUT2D eigenvalue weighted by Gasteiger charge is 2.27. The molecular formula is C17H20N4O4. The highest BCUT2D eigenvalue weighted by atomic mass is 16.4. The summed E-state index contributed by atoms with van der Waals surface area (Å²) in [5, 5.41) is 12.2. The number of carboxylic acid groups (broad SMARTS) is 1. The number of H-pyrrole nitrogens is 1. The van der Waals surface area contributed by atoms with Crippen molar-refractivity contribution in [1.29, 1.82) is 0 Å². The van der Waals surface area contributed by atoms with Gasteiger partial charge in [-0.05, 0) is 19.1 Å². The number of hydrogen-bond acceptors (Lipinski definition) is 3. The Bertz CT molecular complexity index is 775. The maximum Gasteiger partial charge on any atom is 0.325 e. The predicted molar refractivity (Wildman–Crippen MR) is 91.4 cm³/mol. The van der Waals surface area contributed by atoms with Crippen LogP contribution in [0.25, 0.3) is 10.9 Å². The van der Waals surface area contributed by atoms with Crippen LogP contribution in [0.15, 0.2) is 30.3 Å². The van der Waals surface area contributed by atoms with Crippen molar-refractivity contribution in [2.45, 2.75) is 13.0 Å². The average molecular weight is 344 g/mol. The summed E-state index contributed by atoms with van der Waals surface area (Å²) < 4.78 is 0. The van der Waals surface area contributed by atoms with Crippen LogP contribution >= 0.6 is 0 Å². The van der Waals surface area contributed by atoms with Gasteiger partial charge in [0.15, 0.2) is 0 Å². The molecule has 1 fully saturated rings. The summed E-state index contributed by atoms with van der Waals surface area (Å²) in [6.45, 7) is 2.95. The van der Waals surface area contributed by atoms with Crippen LogP contribution in [0, 0.1) is 0 Å². The van der Waals surface area contributed by atoms with Gasteiger partial charge in [-0.1, -0.05) is 18.2 Å². The Morgan fingerprint density at radius 1 is 1.12 bits per heavy atom. The van der Waals surface area contributed by atoms with E-state index in [-0.39, 0.29) is 5.91 Å². The molecule has 1 atom stereocenters. The number of carbonyl (C=O) groups excluding carboxylic acids is 2. The van der Waals surface area contributed by atoms with Crippen LogP contribution in [0.2, 0.25) is 0 Å². The molecule has 1 aliphatic heterocycles. The summed E-state index contributed by atoms with van der Waals surface area (Å²) in [5.74, 6) is -1.18. The number of aliphatic carboxylic acids is 1. The number of rotatable bonds is 3. The summed E-state index contributed by atoms with van der Waals surface area (Å²) >= 11 is 0. The zero-order valence-corrected chi connectivity index (χ0v) is 13.9. The fourth-order valence-corrected chi connectivity index (χ4v) is 2.81. The van der Waals surface area contributed by atoms with Crippen molar-refractivity contribution in [3.05, 3.63) is 36.0 Å². The molecule has 3 N–H and O–H groups in total. The normalized spacial score (nSPS) is 15.9. The topological polar surface area (TPSA) is 106 Å². The molecule has 0 aliphatic carbocycles. The molecule has 1 aromatic heterocycles. The van der Waals surface area contributed by atoms with Crippen LogP contribution in [0.5, 0.6) is 0 Å². The number of amides is 3. The lowest BCUT2D eigenvalue weighted by Gasteiger charge is -2.34. The number of fused-ring (bicyclic) bond motifs is 1. The van der Waals surface area contributed by atoms with E-state index in [0.717, 1.165) is 10.9 Å². The van der Waals surface area contributed by atoms with Gasteiger partial charge < -0.3 is 25.2 Å². The van der Waals surface area contributed by atoms with Gasteiger partial charge in [0.1, 0.15) is 11.7 Å². The minimum Gasteiger partial charge on any atom is -0.480 e. The molecule has 1 saturated heterocycles. The van der Waals surface area contributed by atoms with E-state index in [4.69, 9.17) is 5.11 Å². The number of benzene rings is 1. The molecular weight excluding hydrogens is 324 g/mol. The monoisotopic (exact) mass is 344 g/mol. The summed E-state index contributed by atoms with van der Waals surface area (Å²) in [6, 6.07) is 8.13. The lowest BCUT2D eigenvalue weighted by molar-refractivity contribution is -0.138. The largest absolute Gasteiger partial charge is 0.480 e. The Morgan fingerprint density at radius 3 is 2.40 bits per heavy atom. The Morgan fingerprint density at radius 2 is 1.76 bits per heavy atom. The number of hydrogen-bond donors (Lipinski definition) is 3. The number of piperazine rings is 1. The lowest BCUT2D eigenvalue weighted by Crippen LogP contribution is -2.55. The van der Waals surface area contributed by atoms with E-state index < -0.39 is 18.0 Å². The Labute approximate surface area is 144 Å². The molecule has 132 valence electrons. The highest BCUT2D eigenvalue weighted by molar-refractivity contribution is 5.98. The first-order valence-electron chi connectivity index (χ1n) is 8.11. The third kappa shape index (κ3) is 3.57. The Kier molecular flexibility index (Phi) is 4.60. The van der Waals surface area contributed by atoms with Crippen molar-refractivity contribution in [1.82, 2.24) is 20.1 Å². The molecule has 25 heavy (non-hydrogen) atoms. The predicted octanol–water partition coefficient (Wildman–Crippen LogP) is 1.11. The van der Waals surface area contributed by atoms with Crippen LogP contribution in [-0.2, 0) is 4.79 Å². The number of nitrogens with zero attached hydrogens (tertiary/aromatic N) is 2. The maximum atomic E-state index is 12.6. The van der Waals surface area contributed by atoms with Crippen molar-refractivity contribution >= 4 is 28.8 Å². The van der Waals surface area contributed by atoms with Crippen molar-refractivity contribution in [2.24, 2.45) is 0 Å². The minimum absolute atomic E-state index is 0.102. The maximum absolute atomic E-state index is 12.6. The zero-order chi connectivity index (χ0) is 18.0. The second kappa shape index (κ2) is 6.84. The number of aromatic nitrogens is 1. The van der Waals surface area contributed by atoms with E-state index in [2.05, 4.69) is 10.3 Å². The molecule has 8 nitrogen and oxygen atoms in total. The summed E-state index contributed by atoms with van der Waals surface area (Å²) in [4.78, 5) is 41.8. The van der Waals surface area contributed by atoms with Gasteiger partial charge in [-0.2, -0.15) is 0 Å². The van der Waals surface area contributed by atoms with Gasteiger partial charge in [-0.15, -0.1) is 0 Å². The third-order valence-electron chi connectivity index (χ3n) is 4.32.